The number of amides is 1. The van der Waals surface area contributed by atoms with E-state index in [-0.39, 0.29) is 22.1 Å². The van der Waals surface area contributed by atoms with Gasteiger partial charge in [0.15, 0.2) is 0 Å². The van der Waals surface area contributed by atoms with Crippen molar-refractivity contribution in [3.63, 3.8) is 0 Å². The number of ether oxygens (including phenoxy) is 1. The number of hydrogen-bond donors (Lipinski definition) is 2. The van der Waals surface area contributed by atoms with Gasteiger partial charge in [0.2, 0.25) is 0 Å². The average Bonchev–Trinajstić information content (AvgIpc) is 2.76. The summed E-state index contributed by atoms with van der Waals surface area (Å²) < 4.78 is 5.77. The van der Waals surface area contributed by atoms with Crippen LogP contribution >= 0.6 is 11.6 Å². The van der Waals surface area contributed by atoms with Crippen molar-refractivity contribution in [1.29, 1.82) is 0 Å². The molecule has 1 aromatic heterocycles. The molecule has 2 aromatic rings. The van der Waals surface area contributed by atoms with Crippen LogP contribution in [0, 0.1) is 19.8 Å². The number of phenolic OH excluding ortho intramolecular Hbond substituents is 1. The van der Waals surface area contributed by atoms with Gasteiger partial charge in [0.25, 0.3) is 5.91 Å². The molecule has 0 radical (unpaired) electrons. The Bertz CT molecular complexity index is 923. The largest absolute Gasteiger partial charge is 0.506 e. The van der Waals surface area contributed by atoms with Gasteiger partial charge >= 0.3 is 0 Å². The average molecular weight is 478 g/mol. The van der Waals surface area contributed by atoms with Crippen LogP contribution in [0.15, 0.2) is 18.2 Å². The second-order valence-corrected chi connectivity index (χ2v) is 9.46. The Morgan fingerprint density at radius 3 is 2.27 bits per heavy atom. The molecule has 33 heavy (non-hydrogen) atoms. The number of aromatic nitrogens is 2. The number of primary amides is 1. The van der Waals surface area contributed by atoms with Crippen molar-refractivity contribution in [1.82, 2.24) is 9.97 Å². The molecule has 1 saturated carbocycles. The highest BCUT2D eigenvalue weighted by atomic mass is 35.5. The molecule has 182 valence electrons. The van der Waals surface area contributed by atoms with Gasteiger partial charge in [0.1, 0.15) is 18.2 Å². The molecule has 1 amide bonds. The SMILES string of the molecule is C=O.CC(C)(C)OCC1CCCCC1.Cc1nc(C)c(-c2ccc(O)c(Cl)c2)nc1C(N)=O. The van der Waals surface area contributed by atoms with Crippen LogP contribution in [0.25, 0.3) is 11.3 Å². The van der Waals surface area contributed by atoms with Crippen molar-refractivity contribution >= 4 is 24.3 Å². The van der Waals surface area contributed by atoms with E-state index >= 15 is 0 Å². The molecular formula is C25H36ClN3O4. The maximum atomic E-state index is 11.3. The lowest BCUT2D eigenvalue weighted by atomic mass is 9.90. The van der Waals surface area contributed by atoms with Crippen LogP contribution in [0.3, 0.4) is 0 Å². The van der Waals surface area contributed by atoms with Gasteiger partial charge in [-0.05, 0) is 71.6 Å². The molecule has 0 atom stereocenters. The summed E-state index contributed by atoms with van der Waals surface area (Å²) in [7, 11) is 0. The molecule has 1 fully saturated rings. The highest BCUT2D eigenvalue weighted by Gasteiger charge is 2.17. The summed E-state index contributed by atoms with van der Waals surface area (Å²) in [5.74, 6) is 0.201. The normalized spacial score (nSPS) is 13.9. The molecule has 1 aliphatic carbocycles. The Labute approximate surface area is 201 Å². The first-order chi connectivity index (χ1) is 15.5. The number of halogens is 1. The van der Waals surface area contributed by atoms with Crippen LogP contribution in [-0.2, 0) is 9.53 Å². The Balaban J connectivity index is 0.000000335. The van der Waals surface area contributed by atoms with Gasteiger partial charge < -0.3 is 20.4 Å². The van der Waals surface area contributed by atoms with Gasteiger partial charge in [-0.15, -0.1) is 0 Å². The lowest BCUT2D eigenvalue weighted by molar-refractivity contribution is -0.0980. The summed E-state index contributed by atoms with van der Waals surface area (Å²) in [5.41, 5.74) is 7.76. The molecule has 0 unspecified atom stereocenters. The zero-order valence-electron chi connectivity index (χ0n) is 20.3. The van der Waals surface area contributed by atoms with E-state index in [1.165, 1.54) is 38.2 Å². The highest BCUT2D eigenvalue weighted by molar-refractivity contribution is 6.32. The van der Waals surface area contributed by atoms with Gasteiger partial charge in [0, 0.05) is 5.56 Å². The van der Waals surface area contributed by atoms with Gasteiger partial charge in [-0.25, -0.2) is 4.98 Å². The third kappa shape index (κ3) is 9.48. The predicted molar refractivity (Wildman–Crippen MR) is 132 cm³/mol. The fourth-order valence-corrected chi connectivity index (χ4v) is 3.69. The number of nitrogens with zero attached hydrogens (tertiary/aromatic N) is 2. The Kier molecular flexibility index (Phi) is 11.5. The Hall–Kier alpha value is -2.51. The fourth-order valence-electron chi connectivity index (χ4n) is 3.51. The molecule has 3 rings (SSSR count). The summed E-state index contributed by atoms with van der Waals surface area (Å²) in [4.78, 5) is 27.8. The number of hydrogen-bond acceptors (Lipinski definition) is 6. The molecule has 0 saturated heterocycles. The van der Waals surface area contributed by atoms with E-state index in [1.807, 2.05) is 6.79 Å². The fraction of sp³-hybridized carbons (Fsp3) is 0.520. The first kappa shape index (κ1) is 28.5. The monoisotopic (exact) mass is 477 g/mol. The van der Waals surface area contributed by atoms with Gasteiger partial charge in [-0.1, -0.05) is 30.9 Å². The summed E-state index contributed by atoms with van der Waals surface area (Å²) >= 11 is 5.86. The van der Waals surface area contributed by atoms with E-state index in [9.17, 15) is 9.90 Å². The van der Waals surface area contributed by atoms with Crippen molar-refractivity contribution in [2.24, 2.45) is 11.7 Å². The molecule has 3 N–H and O–H groups in total. The van der Waals surface area contributed by atoms with Crippen LogP contribution in [0.5, 0.6) is 5.75 Å². The topological polar surface area (TPSA) is 115 Å². The van der Waals surface area contributed by atoms with Crippen molar-refractivity contribution < 1.29 is 19.4 Å². The minimum Gasteiger partial charge on any atom is -0.506 e. The van der Waals surface area contributed by atoms with Crippen LogP contribution in [0.1, 0.15) is 74.8 Å². The second kappa shape index (κ2) is 13.3. The van der Waals surface area contributed by atoms with Gasteiger partial charge in [-0.3, -0.25) is 9.78 Å². The highest BCUT2D eigenvalue weighted by Crippen LogP contribution is 2.30. The zero-order valence-corrected chi connectivity index (χ0v) is 21.0. The molecule has 1 aromatic carbocycles. The first-order valence-corrected chi connectivity index (χ1v) is 11.4. The third-order valence-corrected chi connectivity index (χ3v) is 5.48. The van der Waals surface area contributed by atoms with E-state index in [1.54, 1.807) is 26.0 Å². The Morgan fingerprint density at radius 1 is 1.15 bits per heavy atom. The summed E-state index contributed by atoms with van der Waals surface area (Å²) in [6.45, 7) is 12.8. The molecule has 0 spiro atoms. The van der Waals surface area contributed by atoms with Crippen LogP contribution in [0.2, 0.25) is 5.02 Å². The van der Waals surface area contributed by atoms with Crippen LogP contribution < -0.4 is 5.73 Å². The van der Waals surface area contributed by atoms with E-state index in [4.69, 9.17) is 26.9 Å². The number of carbonyl (C=O) groups is 2. The quantitative estimate of drug-likeness (QED) is 0.607. The molecule has 8 heteroatoms. The first-order valence-electron chi connectivity index (χ1n) is 11.0. The maximum Gasteiger partial charge on any atom is 0.269 e. The number of benzene rings is 1. The lowest BCUT2D eigenvalue weighted by Crippen LogP contribution is -2.24. The van der Waals surface area contributed by atoms with E-state index in [0.717, 1.165) is 12.5 Å². The molecular weight excluding hydrogens is 442 g/mol. The van der Waals surface area contributed by atoms with E-state index in [2.05, 4.69) is 30.7 Å². The lowest BCUT2D eigenvalue weighted by Gasteiger charge is -2.26. The summed E-state index contributed by atoms with van der Waals surface area (Å²) in [6.07, 6.45) is 7.04. The summed E-state index contributed by atoms with van der Waals surface area (Å²) in [5, 5.41) is 9.61. The van der Waals surface area contributed by atoms with Crippen molar-refractivity contribution in [3.8, 4) is 17.0 Å². The molecule has 0 bridgehead atoms. The van der Waals surface area contributed by atoms with Gasteiger partial charge in [-0.2, -0.15) is 0 Å². The number of rotatable bonds is 4. The minimum absolute atomic E-state index is 0.0155. The molecule has 7 nitrogen and oxygen atoms in total. The van der Waals surface area contributed by atoms with Crippen LogP contribution in [0.4, 0.5) is 0 Å². The molecule has 1 heterocycles. The number of nitrogens with two attached hydrogens (primary N) is 1. The maximum absolute atomic E-state index is 11.3. The zero-order chi connectivity index (χ0) is 25.2. The molecule has 1 aliphatic rings. The molecule has 0 aliphatic heterocycles. The van der Waals surface area contributed by atoms with Crippen molar-refractivity contribution in [2.75, 3.05) is 6.61 Å². The van der Waals surface area contributed by atoms with E-state index in [0.29, 0.717) is 22.6 Å². The van der Waals surface area contributed by atoms with E-state index < -0.39 is 5.91 Å². The van der Waals surface area contributed by atoms with Crippen molar-refractivity contribution in [3.05, 3.63) is 40.3 Å². The second-order valence-electron chi connectivity index (χ2n) is 9.05. The minimum atomic E-state index is -0.629. The standard InChI is InChI=1S/C13H12ClN3O2.C11H22O.CH2O/c1-6-11(8-3-4-10(18)9(14)5-8)17-12(13(15)19)7(2)16-6;1-11(2,3)12-9-10-7-5-4-6-8-10;1-2/h3-5,18H,1-2H3,(H2,15,19);10H,4-9H2,1-3H3;1H2. The summed E-state index contributed by atoms with van der Waals surface area (Å²) in [6, 6.07) is 4.68. The number of carbonyl (C=O) groups excluding carboxylic acids is 2. The smallest absolute Gasteiger partial charge is 0.269 e. The number of aromatic hydroxyl groups is 1. The van der Waals surface area contributed by atoms with Crippen LogP contribution in [-0.4, -0.2) is 40.0 Å². The predicted octanol–water partition coefficient (Wildman–Crippen LogP) is 5.42. The third-order valence-electron chi connectivity index (χ3n) is 5.18. The van der Waals surface area contributed by atoms with Crippen molar-refractivity contribution in [2.45, 2.75) is 72.3 Å². The Morgan fingerprint density at radius 2 is 1.76 bits per heavy atom. The number of phenols is 1. The van der Waals surface area contributed by atoms with Gasteiger partial charge in [0.05, 0.1) is 34.3 Å². The number of aryl methyl sites for hydroxylation is 2.